The second-order valence-corrected chi connectivity index (χ2v) is 4.41. The van der Waals surface area contributed by atoms with Crippen LogP contribution in [0.25, 0.3) is 21.8 Å². The van der Waals surface area contributed by atoms with Crippen LogP contribution in [-0.2, 0) is 0 Å². The maximum absolute atomic E-state index is 6.11. The van der Waals surface area contributed by atoms with E-state index in [-0.39, 0.29) is 0 Å². The molecule has 2 N–H and O–H groups in total. The quantitative estimate of drug-likeness (QED) is 0.568. The fourth-order valence-corrected chi connectivity index (χ4v) is 2.27. The lowest BCUT2D eigenvalue weighted by Gasteiger charge is -1.98. The van der Waals surface area contributed by atoms with Crippen LogP contribution in [0.1, 0.15) is 11.1 Å². The Morgan fingerprint density at radius 2 is 1.50 bits per heavy atom. The molecule has 0 fully saturated rings. The lowest BCUT2D eigenvalue weighted by molar-refractivity contribution is 1.12. The van der Waals surface area contributed by atoms with Gasteiger partial charge in [-0.1, -0.05) is 23.8 Å². The highest BCUT2D eigenvalue weighted by Crippen LogP contribution is 2.28. The zero-order chi connectivity index (χ0) is 11.3. The molecule has 1 aromatic heterocycles. The number of hydrogen-bond donors (Lipinski definition) is 1. The number of benzene rings is 2. The minimum absolute atomic E-state index is 1.09. The number of hydrogen-bond acceptors (Lipinski definition) is 1. The largest absolute Gasteiger partial charge is 0.339 e. The number of nitrogen functional groups attached to an aromatic ring is 1. The van der Waals surface area contributed by atoms with Crippen molar-refractivity contribution in [2.45, 2.75) is 13.8 Å². The Hall–Kier alpha value is -1.96. The van der Waals surface area contributed by atoms with E-state index in [1.807, 2.05) is 0 Å². The van der Waals surface area contributed by atoms with Crippen LogP contribution in [0, 0.1) is 13.8 Å². The molecule has 0 bridgehead atoms. The molecule has 2 nitrogen and oxygen atoms in total. The van der Waals surface area contributed by atoms with Crippen LogP contribution >= 0.6 is 0 Å². The van der Waals surface area contributed by atoms with Crippen LogP contribution < -0.4 is 5.84 Å². The predicted octanol–water partition coefficient (Wildman–Crippen LogP) is 3.13. The van der Waals surface area contributed by atoms with Gasteiger partial charge in [-0.25, -0.2) is 0 Å². The van der Waals surface area contributed by atoms with Crippen molar-refractivity contribution in [2.24, 2.45) is 0 Å². The van der Waals surface area contributed by atoms with Crippen molar-refractivity contribution in [3.63, 3.8) is 0 Å². The topological polar surface area (TPSA) is 30.9 Å². The van der Waals surface area contributed by atoms with E-state index < -0.39 is 0 Å². The molecule has 1 heterocycles. The van der Waals surface area contributed by atoms with Crippen LogP contribution in [0.2, 0.25) is 0 Å². The van der Waals surface area contributed by atoms with Crippen LogP contribution in [0.5, 0.6) is 0 Å². The fourth-order valence-electron chi connectivity index (χ4n) is 2.27. The Morgan fingerprint density at radius 1 is 0.812 bits per heavy atom. The molecule has 2 aromatic carbocycles. The van der Waals surface area contributed by atoms with Crippen molar-refractivity contribution >= 4 is 21.8 Å². The first kappa shape index (κ1) is 9.28. The van der Waals surface area contributed by atoms with Crippen molar-refractivity contribution in [1.29, 1.82) is 0 Å². The third-order valence-corrected chi connectivity index (χ3v) is 3.11. The van der Waals surface area contributed by atoms with Crippen molar-refractivity contribution < 1.29 is 0 Å². The van der Waals surface area contributed by atoms with Gasteiger partial charge >= 0.3 is 0 Å². The standard InChI is InChI=1S/C14H14N2/c1-9-4-6-13-12(7-9)11-5-3-10(2)8-14(11)16(13)15/h3-8H,15H2,1-2H3. The van der Waals surface area contributed by atoms with Crippen LogP contribution in [0.4, 0.5) is 0 Å². The molecule has 0 saturated carbocycles. The molecule has 0 aliphatic rings. The van der Waals surface area contributed by atoms with E-state index in [0.29, 0.717) is 0 Å². The highest BCUT2D eigenvalue weighted by molar-refractivity contribution is 6.08. The van der Waals surface area contributed by atoms with Gasteiger partial charge in [-0.15, -0.1) is 0 Å². The average Bonchev–Trinajstić information content (AvgIpc) is 2.52. The number of aromatic nitrogens is 1. The minimum Gasteiger partial charge on any atom is -0.339 e. The first-order valence-electron chi connectivity index (χ1n) is 5.43. The molecule has 2 heteroatoms. The summed E-state index contributed by atoms with van der Waals surface area (Å²) in [6.07, 6.45) is 0. The van der Waals surface area contributed by atoms with Gasteiger partial charge in [0.25, 0.3) is 0 Å². The normalized spacial score (nSPS) is 11.4. The van der Waals surface area contributed by atoms with E-state index in [4.69, 9.17) is 5.84 Å². The summed E-state index contributed by atoms with van der Waals surface area (Å²) >= 11 is 0. The lowest BCUT2D eigenvalue weighted by Crippen LogP contribution is -2.06. The van der Waals surface area contributed by atoms with Crippen molar-refractivity contribution in [1.82, 2.24) is 4.68 Å². The Balaban J connectivity index is 2.59. The van der Waals surface area contributed by atoms with E-state index in [0.717, 1.165) is 11.0 Å². The molecule has 16 heavy (non-hydrogen) atoms. The smallest absolute Gasteiger partial charge is 0.0706 e. The summed E-state index contributed by atoms with van der Waals surface area (Å²) in [5, 5.41) is 2.46. The number of nitrogens with two attached hydrogens (primary N) is 1. The SMILES string of the molecule is Cc1ccc2c(c1)c1ccc(C)cc1n2N. The zero-order valence-corrected chi connectivity index (χ0v) is 9.49. The Bertz CT molecular complexity index is 693. The van der Waals surface area contributed by atoms with Gasteiger partial charge in [-0.2, -0.15) is 0 Å². The third-order valence-electron chi connectivity index (χ3n) is 3.11. The second kappa shape index (κ2) is 3.01. The van der Waals surface area contributed by atoms with Gasteiger partial charge in [0, 0.05) is 10.8 Å². The van der Waals surface area contributed by atoms with Crippen LogP contribution in [-0.4, -0.2) is 4.68 Å². The molecule has 3 rings (SSSR count). The summed E-state index contributed by atoms with van der Waals surface area (Å²) in [6, 6.07) is 12.8. The molecule has 0 spiro atoms. The first-order valence-corrected chi connectivity index (χ1v) is 5.43. The molecular weight excluding hydrogens is 196 g/mol. The number of nitrogens with zero attached hydrogens (tertiary/aromatic N) is 1. The van der Waals surface area contributed by atoms with Crippen LogP contribution in [0.3, 0.4) is 0 Å². The highest BCUT2D eigenvalue weighted by Gasteiger charge is 2.08. The summed E-state index contributed by atoms with van der Waals surface area (Å²) in [6.45, 7) is 4.19. The second-order valence-electron chi connectivity index (χ2n) is 4.41. The summed E-state index contributed by atoms with van der Waals surface area (Å²) in [4.78, 5) is 0. The van der Waals surface area contributed by atoms with E-state index in [1.54, 1.807) is 4.68 Å². The van der Waals surface area contributed by atoms with Crippen molar-refractivity contribution in [3.8, 4) is 0 Å². The van der Waals surface area contributed by atoms with Gasteiger partial charge in [0.05, 0.1) is 11.0 Å². The fraction of sp³-hybridized carbons (Fsp3) is 0.143. The van der Waals surface area contributed by atoms with Gasteiger partial charge in [-0.3, -0.25) is 4.68 Å². The van der Waals surface area contributed by atoms with Gasteiger partial charge in [0.15, 0.2) is 0 Å². The van der Waals surface area contributed by atoms with Gasteiger partial charge in [0.1, 0.15) is 0 Å². The Labute approximate surface area is 94.3 Å². The molecule has 0 atom stereocenters. The van der Waals surface area contributed by atoms with Gasteiger partial charge in [-0.05, 0) is 37.6 Å². The van der Waals surface area contributed by atoms with Crippen LogP contribution in [0.15, 0.2) is 36.4 Å². The average molecular weight is 210 g/mol. The maximum atomic E-state index is 6.11. The van der Waals surface area contributed by atoms with Crippen molar-refractivity contribution in [3.05, 3.63) is 47.5 Å². The molecule has 0 aliphatic carbocycles. The number of aryl methyl sites for hydroxylation is 2. The molecule has 0 saturated heterocycles. The molecule has 80 valence electrons. The summed E-state index contributed by atoms with van der Waals surface area (Å²) in [5.74, 6) is 6.11. The van der Waals surface area contributed by atoms with Gasteiger partial charge < -0.3 is 5.84 Å². The molecule has 0 unspecified atom stereocenters. The van der Waals surface area contributed by atoms with Crippen molar-refractivity contribution in [2.75, 3.05) is 5.84 Å². The van der Waals surface area contributed by atoms with E-state index >= 15 is 0 Å². The lowest BCUT2D eigenvalue weighted by atomic mass is 10.1. The molecule has 3 aromatic rings. The maximum Gasteiger partial charge on any atom is 0.0706 e. The third kappa shape index (κ3) is 1.13. The summed E-state index contributed by atoms with van der Waals surface area (Å²) < 4.78 is 1.77. The molecule has 0 radical (unpaired) electrons. The monoisotopic (exact) mass is 210 g/mol. The first-order chi connectivity index (χ1) is 7.66. The predicted molar refractivity (Wildman–Crippen MR) is 69.1 cm³/mol. The summed E-state index contributed by atoms with van der Waals surface area (Å²) in [5.41, 5.74) is 4.69. The Morgan fingerprint density at radius 3 is 2.31 bits per heavy atom. The van der Waals surface area contributed by atoms with E-state index in [9.17, 15) is 0 Å². The summed E-state index contributed by atoms with van der Waals surface area (Å²) in [7, 11) is 0. The number of fused-ring (bicyclic) bond motifs is 3. The van der Waals surface area contributed by atoms with E-state index in [2.05, 4.69) is 50.2 Å². The zero-order valence-electron chi connectivity index (χ0n) is 9.49. The highest BCUT2D eigenvalue weighted by atomic mass is 15.3. The molecule has 0 aliphatic heterocycles. The van der Waals surface area contributed by atoms with Gasteiger partial charge in [0.2, 0.25) is 0 Å². The molecular formula is C14H14N2. The molecule has 0 amide bonds. The number of rotatable bonds is 0. The Kier molecular flexibility index (Phi) is 1.75. The minimum atomic E-state index is 1.09. The van der Waals surface area contributed by atoms with E-state index in [1.165, 1.54) is 21.9 Å².